The summed E-state index contributed by atoms with van der Waals surface area (Å²) in [5.74, 6) is -0.272. The van der Waals surface area contributed by atoms with Gasteiger partial charge in [-0.25, -0.2) is 4.79 Å². The molecule has 7 rings (SSSR count). The first-order valence-electron chi connectivity index (χ1n) is 13.9. The second-order valence-electron chi connectivity index (χ2n) is 10.5. The molecule has 1 amide bonds. The number of nitrogens with zero attached hydrogens (tertiary/aromatic N) is 1. The van der Waals surface area contributed by atoms with Crippen LogP contribution in [0.4, 0.5) is 5.69 Å². The van der Waals surface area contributed by atoms with E-state index in [-0.39, 0.29) is 5.91 Å². The molecule has 0 saturated heterocycles. The number of amides is 1. The van der Waals surface area contributed by atoms with Crippen molar-refractivity contribution in [1.82, 2.24) is 0 Å². The van der Waals surface area contributed by atoms with Gasteiger partial charge in [-0.2, -0.15) is 0 Å². The van der Waals surface area contributed by atoms with Crippen LogP contribution in [0, 0.1) is 0 Å². The third-order valence-corrected chi connectivity index (χ3v) is 12.7. The number of cyclic esters (lactones) is 1. The highest BCUT2D eigenvalue weighted by Crippen LogP contribution is 2.56. The van der Waals surface area contributed by atoms with Gasteiger partial charge in [0.2, 0.25) is 5.91 Å². The first-order chi connectivity index (χ1) is 20.6. The fourth-order valence-corrected chi connectivity index (χ4v) is 11.2. The molecule has 42 heavy (non-hydrogen) atoms. The SMILES string of the molecule is CN1C(=O)C2(C=C(c3ccccc3)OC(=O)C2=P(c2ccccc2)(c2ccccc2)c2ccccc2)c2ccccc21. The Bertz CT molecular complexity index is 1800. The average molecular weight is 566 g/mol. The zero-order chi connectivity index (χ0) is 28.7. The fraction of sp³-hybridized carbons (Fsp3) is 0.0541. The molecule has 4 nitrogen and oxygen atoms in total. The van der Waals surface area contributed by atoms with Crippen LogP contribution in [0.2, 0.25) is 0 Å². The normalized spacial score (nSPS) is 18.1. The quantitative estimate of drug-likeness (QED) is 0.209. The lowest BCUT2D eigenvalue weighted by Gasteiger charge is -2.40. The van der Waals surface area contributed by atoms with Gasteiger partial charge in [0.05, 0.1) is 5.29 Å². The van der Waals surface area contributed by atoms with Gasteiger partial charge < -0.3 is 9.64 Å². The molecule has 204 valence electrons. The van der Waals surface area contributed by atoms with Gasteiger partial charge in [-0.3, -0.25) is 4.79 Å². The topological polar surface area (TPSA) is 46.6 Å². The van der Waals surface area contributed by atoms with E-state index in [9.17, 15) is 9.59 Å². The summed E-state index contributed by atoms with van der Waals surface area (Å²) in [5, 5.41) is 3.39. The molecule has 2 aliphatic rings. The van der Waals surface area contributed by atoms with Crippen molar-refractivity contribution in [2.24, 2.45) is 0 Å². The van der Waals surface area contributed by atoms with E-state index in [1.54, 1.807) is 11.9 Å². The Balaban J connectivity index is 1.76. The lowest BCUT2D eigenvalue weighted by Crippen LogP contribution is -2.53. The van der Waals surface area contributed by atoms with Crippen LogP contribution in [0.15, 0.2) is 152 Å². The standard InChI is InChI=1S/C37H28NO3P/c1-38-32-25-15-14-24-31(32)37(36(38)40)26-33(27-16-6-2-7-17-27)41-35(39)34(37)42(28-18-8-3-9-19-28,29-20-10-4-11-21-29)30-22-12-5-13-23-30/h2-26H,1H3. The first-order valence-corrected chi connectivity index (χ1v) is 15.7. The highest BCUT2D eigenvalue weighted by Gasteiger charge is 2.59. The van der Waals surface area contributed by atoms with Gasteiger partial charge >= 0.3 is 5.97 Å². The van der Waals surface area contributed by atoms with Crippen molar-refractivity contribution in [3.05, 3.63) is 163 Å². The number of rotatable bonds is 4. The van der Waals surface area contributed by atoms with Crippen LogP contribution in [0.5, 0.6) is 0 Å². The monoisotopic (exact) mass is 565 g/mol. The van der Waals surface area contributed by atoms with Crippen molar-refractivity contribution in [3.63, 3.8) is 0 Å². The molecule has 0 radical (unpaired) electrons. The van der Waals surface area contributed by atoms with Crippen LogP contribution >= 0.6 is 6.89 Å². The average Bonchev–Trinajstić information content (AvgIpc) is 3.26. The molecular formula is C37H28NO3P. The summed E-state index contributed by atoms with van der Waals surface area (Å²) in [5.41, 5.74) is 0.920. The summed E-state index contributed by atoms with van der Waals surface area (Å²) in [6.45, 7) is -2.99. The summed E-state index contributed by atoms with van der Waals surface area (Å²) in [6, 6.07) is 47.7. The number of likely N-dealkylation sites (N-methyl/N-ethyl adjacent to an activating group) is 1. The molecule has 1 unspecified atom stereocenters. The van der Waals surface area contributed by atoms with E-state index < -0.39 is 18.3 Å². The number of fused-ring (bicyclic) bond motifs is 2. The number of anilines is 1. The van der Waals surface area contributed by atoms with Crippen LogP contribution in [0.1, 0.15) is 11.1 Å². The molecule has 0 aliphatic carbocycles. The molecule has 0 bridgehead atoms. The summed E-state index contributed by atoms with van der Waals surface area (Å²) in [4.78, 5) is 31.5. The molecule has 2 heterocycles. The Kier molecular flexibility index (Phi) is 6.30. The van der Waals surface area contributed by atoms with Crippen LogP contribution in [0.3, 0.4) is 0 Å². The fourth-order valence-electron chi connectivity index (χ4n) is 6.50. The number of carbonyl (C=O) groups is 2. The summed E-state index contributed by atoms with van der Waals surface area (Å²) in [6.07, 6.45) is 1.90. The second kappa shape index (κ2) is 10.2. The van der Waals surface area contributed by atoms with Gasteiger partial charge in [-0.1, -0.05) is 140 Å². The summed E-state index contributed by atoms with van der Waals surface area (Å²) in [7, 11) is 1.79. The summed E-state index contributed by atoms with van der Waals surface area (Å²) < 4.78 is 6.28. The van der Waals surface area contributed by atoms with Gasteiger partial charge in [0.25, 0.3) is 0 Å². The Morgan fingerprint density at radius 2 is 1.05 bits per heavy atom. The van der Waals surface area contributed by atoms with Gasteiger partial charge in [-0.05, 0) is 34.9 Å². The minimum absolute atomic E-state index is 0.170. The molecule has 0 fully saturated rings. The zero-order valence-electron chi connectivity index (χ0n) is 23.1. The first kappa shape index (κ1) is 26.0. The second-order valence-corrected chi connectivity index (χ2v) is 13.8. The Hall–Kier alpha value is -4.92. The smallest absolute Gasteiger partial charge is 0.342 e. The van der Waals surface area contributed by atoms with Gasteiger partial charge in [0.15, 0.2) is 0 Å². The molecule has 0 N–H and O–H groups in total. The van der Waals surface area contributed by atoms with E-state index in [2.05, 4.69) is 36.4 Å². The maximum absolute atomic E-state index is 14.9. The van der Waals surface area contributed by atoms with E-state index in [1.165, 1.54) is 0 Å². The predicted octanol–water partition coefficient (Wildman–Crippen LogP) is 5.67. The summed E-state index contributed by atoms with van der Waals surface area (Å²) >= 11 is 0. The molecule has 5 heteroatoms. The number of hydrogen-bond donors (Lipinski definition) is 0. The third kappa shape index (κ3) is 3.69. The van der Waals surface area contributed by atoms with E-state index >= 15 is 0 Å². The van der Waals surface area contributed by atoms with E-state index in [0.29, 0.717) is 11.1 Å². The van der Waals surface area contributed by atoms with E-state index in [0.717, 1.165) is 32.7 Å². The Morgan fingerprint density at radius 1 is 0.595 bits per heavy atom. The Morgan fingerprint density at radius 3 is 1.57 bits per heavy atom. The number of hydrogen-bond acceptors (Lipinski definition) is 3. The Labute approximate surface area is 245 Å². The highest BCUT2D eigenvalue weighted by molar-refractivity contribution is 7.96. The van der Waals surface area contributed by atoms with E-state index in [1.807, 2.05) is 115 Å². The predicted molar refractivity (Wildman–Crippen MR) is 172 cm³/mol. The van der Waals surface area contributed by atoms with Gasteiger partial charge in [0, 0.05) is 23.9 Å². The van der Waals surface area contributed by atoms with Gasteiger partial charge in [0.1, 0.15) is 11.2 Å². The van der Waals surface area contributed by atoms with Crippen LogP contribution in [-0.4, -0.2) is 24.2 Å². The van der Waals surface area contributed by atoms with E-state index in [4.69, 9.17) is 4.74 Å². The molecule has 0 aromatic heterocycles. The number of esters is 1. The van der Waals surface area contributed by atoms with Crippen molar-refractivity contribution in [2.45, 2.75) is 5.41 Å². The molecule has 1 spiro atoms. The van der Waals surface area contributed by atoms with Crippen molar-refractivity contribution >= 4 is 51.4 Å². The van der Waals surface area contributed by atoms with Crippen molar-refractivity contribution in [1.29, 1.82) is 0 Å². The van der Waals surface area contributed by atoms with Crippen LogP contribution in [-0.2, 0) is 19.7 Å². The number of benzene rings is 5. The van der Waals surface area contributed by atoms with Crippen molar-refractivity contribution < 1.29 is 14.3 Å². The number of carbonyl (C=O) groups excluding carboxylic acids is 2. The zero-order valence-corrected chi connectivity index (χ0v) is 23.9. The lowest BCUT2D eigenvalue weighted by molar-refractivity contribution is -0.131. The highest BCUT2D eigenvalue weighted by atomic mass is 31.2. The van der Waals surface area contributed by atoms with Crippen LogP contribution < -0.4 is 20.8 Å². The molecule has 5 aromatic rings. The maximum Gasteiger partial charge on any atom is 0.342 e. The molecule has 2 aliphatic heterocycles. The minimum atomic E-state index is -2.99. The maximum atomic E-state index is 14.9. The largest absolute Gasteiger partial charge is 0.423 e. The van der Waals surface area contributed by atoms with Crippen LogP contribution in [0.25, 0.3) is 5.76 Å². The molecular weight excluding hydrogens is 537 g/mol. The van der Waals surface area contributed by atoms with Crippen molar-refractivity contribution in [2.75, 3.05) is 11.9 Å². The van der Waals surface area contributed by atoms with Gasteiger partial charge in [-0.15, -0.1) is 0 Å². The lowest BCUT2D eigenvalue weighted by atomic mass is 9.76. The number of ether oxygens (including phenoxy) is 1. The molecule has 0 saturated carbocycles. The minimum Gasteiger partial charge on any atom is -0.423 e. The third-order valence-electron chi connectivity index (χ3n) is 8.27. The van der Waals surface area contributed by atoms with Crippen molar-refractivity contribution in [3.8, 4) is 0 Å². The molecule has 1 atom stereocenters. The number of para-hydroxylation sites is 1. The molecule has 5 aromatic carbocycles.